The van der Waals surface area contributed by atoms with Crippen LogP contribution in [-0.4, -0.2) is 16.7 Å². The SMILES string of the molecule is CC(=O)c1cccc(NC(=O)C(Sc2nc(C)c(C)o2)c2ccccc2)c1. The molecule has 1 unspecified atom stereocenters. The maximum atomic E-state index is 13.0. The minimum Gasteiger partial charge on any atom is -0.437 e. The molecule has 0 saturated heterocycles. The van der Waals surface area contributed by atoms with Gasteiger partial charge in [-0.2, -0.15) is 0 Å². The number of nitrogens with zero attached hydrogens (tertiary/aromatic N) is 1. The first-order valence-electron chi connectivity index (χ1n) is 8.51. The Labute approximate surface area is 162 Å². The fraction of sp³-hybridized carbons (Fsp3) is 0.190. The Morgan fingerprint density at radius 3 is 2.44 bits per heavy atom. The first-order chi connectivity index (χ1) is 12.9. The van der Waals surface area contributed by atoms with Crippen molar-refractivity contribution in [2.75, 3.05) is 5.32 Å². The Kier molecular flexibility index (Phi) is 5.76. The van der Waals surface area contributed by atoms with Crippen molar-refractivity contribution in [3.8, 4) is 0 Å². The molecule has 2 aromatic carbocycles. The lowest BCUT2D eigenvalue weighted by Gasteiger charge is -2.15. The van der Waals surface area contributed by atoms with Crippen molar-refractivity contribution < 1.29 is 14.0 Å². The van der Waals surface area contributed by atoms with E-state index in [0.717, 1.165) is 17.0 Å². The van der Waals surface area contributed by atoms with Gasteiger partial charge >= 0.3 is 0 Å². The van der Waals surface area contributed by atoms with Gasteiger partial charge in [-0.25, -0.2) is 4.98 Å². The molecule has 138 valence electrons. The van der Waals surface area contributed by atoms with Gasteiger partial charge in [0.15, 0.2) is 5.78 Å². The van der Waals surface area contributed by atoms with Gasteiger partial charge in [-0.1, -0.05) is 42.5 Å². The number of aromatic nitrogens is 1. The molecular formula is C21H20N2O3S. The van der Waals surface area contributed by atoms with E-state index in [-0.39, 0.29) is 11.7 Å². The molecule has 6 heteroatoms. The van der Waals surface area contributed by atoms with Crippen molar-refractivity contribution in [1.82, 2.24) is 4.98 Å². The van der Waals surface area contributed by atoms with Gasteiger partial charge in [0.2, 0.25) is 5.91 Å². The number of Topliss-reactive ketones (excluding diaryl/α,β-unsaturated/α-hetero) is 1. The topological polar surface area (TPSA) is 72.2 Å². The zero-order valence-electron chi connectivity index (χ0n) is 15.4. The van der Waals surface area contributed by atoms with Crippen LogP contribution < -0.4 is 5.32 Å². The summed E-state index contributed by atoms with van der Waals surface area (Å²) in [6.45, 7) is 5.21. The molecule has 0 bridgehead atoms. The van der Waals surface area contributed by atoms with E-state index in [1.165, 1.54) is 18.7 Å². The molecule has 0 saturated carbocycles. The lowest BCUT2D eigenvalue weighted by molar-refractivity contribution is -0.115. The molecule has 3 rings (SSSR count). The van der Waals surface area contributed by atoms with Gasteiger partial charge in [0.1, 0.15) is 11.0 Å². The van der Waals surface area contributed by atoms with Crippen LogP contribution >= 0.6 is 11.8 Å². The smallest absolute Gasteiger partial charge is 0.257 e. The van der Waals surface area contributed by atoms with Crippen LogP contribution in [0, 0.1) is 13.8 Å². The summed E-state index contributed by atoms with van der Waals surface area (Å²) < 4.78 is 5.64. The molecular weight excluding hydrogens is 360 g/mol. The highest BCUT2D eigenvalue weighted by Gasteiger charge is 2.25. The third-order valence-electron chi connectivity index (χ3n) is 4.10. The zero-order valence-corrected chi connectivity index (χ0v) is 16.2. The Hall–Kier alpha value is -2.86. The van der Waals surface area contributed by atoms with E-state index in [0.29, 0.717) is 16.5 Å². The number of oxazole rings is 1. The van der Waals surface area contributed by atoms with Gasteiger partial charge in [-0.15, -0.1) is 0 Å². The second kappa shape index (κ2) is 8.22. The third-order valence-corrected chi connectivity index (χ3v) is 5.20. The lowest BCUT2D eigenvalue weighted by Crippen LogP contribution is -2.19. The Balaban J connectivity index is 1.87. The third kappa shape index (κ3) is 4.65. The average molecular weight is 380 g/mol. The van der Waals surface area contributed by atoms with Crippen molar-refractivity contribution >= 4 is 29.1 Å². The van der Waals surface area contributed by atoms with Crippen LogP contribution in [0.25, 0.3) is 0 Å². The largest absolute Gasteiger partial charge is 0.437 e. The van der Waals surface area contributed by atoms with Gasteiger partial charge in [0, 0.05) is 11.3 Å². The first-order valence-corrected chi connectivity index (χ1v) is 9.39. The van der Waals surface area contributed by atoms with E-state index >= 15 is 0 Å². The number of hydrogen-bond acceptors (Lipinski definition) is 5. The molecule has 0 spiro atoms. The minimum absolute atomic E-state index is 0.0502. The predicted octanol–water partition coefficient (Wildman–Crippen LogP) is 4.97. The second-order valence-electron chi connectivity index (χ2n) is 6.16. The molecule has 1 heterocycles. The summed E-state index contributed by atoms with van der Waals surface area (Å²) in [6, 6.07) is 16.4. The molecule has 1 N–H and O–H groups in total. The summed E-state index contributed by atoms with van der Waals surface area (Å²) in [4.78, 5) is 29.0. The van der Waals surface area contributed by atoms with Crippen molar-refractivity contribution in [2.45, 2.75) is 31.2 Å². The Bertz CT molecular complexity index is 947. The molecule has 1 atom stereocenters. The maximum Gasteiger partial charge on any atom is 0.257 e. The normalized spacial score (nSPS) is 11.8. The number of ketones is 1. The van der Waals surface area contributed by atoms with Crippen molar-refractivity contribution in [2.24, 2.45) is 0 Å². The molecule has 0 aliphatic carbocycles. The van der Waals surface area contributed by atoms with Crippen LogP contribution in [-0.2, 0) is 4.79 Å². The van der Waals surface area contributed by atoms with Crippen LogP contribution in [0.15, 0.2) is 64.2 Å². The number of carbonyl (C=O) groups excluding carboxylic acids is 2. The van der Waals surface area contributed by atoms with Crippen molar-refractivity contribution in [3.63, 3.8) is 0 Å². The quantitative estimate of drug-likeness (QED) is 0.483. The number of benzene rings is 2. The van der Waals surface area contributed by atoms with Crippen LogP contribution in [0.3, 0.4) is 0 Å². The number of anilines is 1. The van der Waals surface area contributed by atoms with Gasteiger partial charge in [-0.05, 0) is 50.2 Å². The van der Waals surface area contributed by atoms with Crippen LogP contribution in [0.1, 0.15) is 39.5 Å². The van der Waals surface area contributed by atoms with Gasteiger partial charge < -0.3 is 9.73 Å². The number of rotatable bonds is 6. The molecule has 0 aliphatic heterocycles. The molecule has 0 fully saturated rings. The highest BCUT2D eigenvalue weighted by molar-refractivity contribution is 8.00. The predicted molar refractivity (Wildman–Crippen MR) is 106 cm³/mol. The van der Waals surface area contributed by atoms with E-state index in [1.807, 2.05) is 44.2 Å². The van der Waals surface area contributed by atoms with Crippen molar-refractivity contribution in [1.29, 1.82) is 0 Å². The van der Waals surface area contributed by atoms with Gasteiger partial charge in [-0.3, -0.25) is 9.59 Å². The fourth-order valence-corrected chi connectivity index (χ4v) is 3.54. The highest BCUT2D eigenvalue weighted by Crippen LogP contribution is 2.36. The van der Waals surface area contributed by atoms with Gasteiger partial charge in [0.05, 0.1) is 5.69 Å². The molecule has 3 aromatic rings. The average Bonchev–Trinajstić information content (AvgIpc) is 2.98. The number of amides is 1. The van der Waals surface area contributed by atoms with E-state index in [4.69, 9.17) is 4.42 Å². The number of thioether (sulfide) groups is 1. The molecule has 1 amide bonds. The van der Waals surface area contributed by atoms with Gasteiger partial charge in [0.25, 0.3) is 5.22 Å². The van der Waals surface area contributed by atoms with E-state index in [1.54, 1.807) is 24.3 Å². The molecule has 27 heavy (non-hydrogen) atoms. The summed E-state index contributed by atoms with van der Waals surface area (Å²) in [5, 5.41) is 2.81. The monoisotopic (exact) mass is 380 g/mol. The van der Waals surface area contributed by atoms with E-state index < -0.39 is 5.25 Å². The number of carbonyl (C=O) groups is 2. The van der Waals surface area contributed by atoms with Crippen molar-refractivity contribution in [3.05, 3.63) is 77.2 Å². The Morgan fingerprint density at radius 2 is 1.81 bits per heavy atom. The zero-order chi connectivity index (χ0) is 19.4. The summed E-state index contributed by atoms with van der Waals surface area (Å²) in [7, 11) is 0. The van der Waals surface area contributed by atoms with Crippen LogP contribution in [0.2, 0.25) is 0 Å². The summed E-state index contributed by atoms with van der Waals surface area (Å²) in [6.07, 6.45) is 0. The van der Waals surface area contributed by atoms with Crippen LogP contribution in [0.4, 0.5) is 5.69 Å². The first kappa shape index (κ1) is 18.9. The number of aryl methyl sites for hydroxylation is 2. The standard InChI is InChI=1S/C21H20N2O3S/c1-13-15(3)26-21(22-13)27-19(16-8-5-4-6-9-16)20(25)23-18-11-7-10-17(12-18)14(2)24/h4-12,19H,1-3H3,(H,23,25). The molecule has 0 aliphatic rings. The molecule has 0 radical (unpaired) electrons. The highest BCUT2D eigenvalue weighted by atomic mass is 32.2. The summed E-state index contributed by atoms with van der Waals surface area (Å²) in [5.74, 6) is 0.477. The fourth-order valence-electron chi connectivity index (χ4n) is 2.52. The molecule has 1 aromatic heterocycles. The summed E-state index contributed by atoms with van der Waals surface area (Å²) >= 11 is 1.26. The second-order valence-corrected chi connectivity index (χ2v) is 7.21. The van der Waals surface area contributed by atoms with Crippen LogP contribution in [0.5, 0.6) is 0 Å². The lowest BCUT2D eigenvalue weighted by atomic mass is 10.1. The van der Waals surface area contributed by atoms with E-state index in [2.05, 4.69) is 10.3 Å². The number of nitrogens with one attached hydrogen (secondary N) is 1. The number of hydrogen-bond donors (Lipinski definition) is 1. The Morgan fingerprint density at radius 1 is 1.07 bits per heavy atom. The van der Waals surface area contributed by atoms with E-state index in [9.17, 15) is 9.59 Å². The minimum atomic E-state index is -0.537. The molecule has 5 nitrogen and oxygen atoms in total. The maximum absolute atomic E-state index is 13.0. The summed E-state index contributed by atoms with van der Waals surface area (Å²) in [5.41, 5.74) is 2.78.